The molecule has 1 aromatic rings. The molecule has 0 aromatic heterocycles. The minimum absolute atomic E-state index is 0.0506. The van der Waals surface area contributed by atoms with Crippen molar-refractivity contribution < 1.29 is 9.53 Å². The van der Waals surface area contributed by atoms with Crippen LogP contribution in [0.5, 0.6) is 0 Å². The molecule has 4 heteroatoms. The van der Waals surface area contributed by atoms with Crippen molar-refractivity contribution in [1.82, 2.24) is 0 Å². The van der Waals surface area contributed by atoms with Crippen LogP contribution in [-0.2, 0) is 14.9 Å². The number of hydrogen-bond donors (Lipinski definition) is 0. The maximum absolute atomic E-state index is 10.9. The molecule has 0 radical (unpaired) electrons. The van der Waals surface area contributed by atoms with E-state index in [9.17, 15) is 4.79 Å². The Labute approximate surface area is 109 Å². The third-order valence-corrected chi connectivity index (χ3v) is 2.67. The van der Waals surface area contributed by atoms with Crippen LogP contribution in [0.15, 0.2) is 18.2 Å². The first-order valence-corrected chi connectivity index (χ1v) is 5.98. The van der Waals surface area contributed by atoms with Crippen molar-refractivity contribution in [2.45, 2.75) is 11.8 Å². The van der Waals surface area contributed by atoms with Gasteiger partial charge < -0.3 is 4.74 Å². The van der Waals surface area contributed by atoms with Gasteiger partial charge in [-0.05, 0) is 17.7 Å². The molecule has 0 fully saturated rings. The molecule has 0 aliphatic carbocycles. The van der Waals surface area contributed by atoms with Gasteiger partial charge >= 0.3 is 5.97 Å². The lowest BCUT2D eigenvalue weighted by Crippen LogP contribution is -1.97. The second-order valence-corrected chi connectivity index (χ2v) is 3.73. The van der Waals surface area contributed by atoms with Crippen molar-refractivity contribution >= 4 is 21.9 Å². The van der Waals surface area contributed by atoms with Gasteiger partial charge in [0.25, 0.3) is 0 Å². The van der Waals surface area contributed by atoms with Crippen LogP contribution in [0.2, 0.25) is 0 Å². The Hall–Kier alpha value is -1.78. The largest absolute Gasteiger partial charge is 0.468 e. The van der Waals surface area contributed by atoms with Crippen LogP contribution in [0.3, 0.4) is 0 Å². The van der Waals surface area contributed by atoms with Gasteiger partial charge in [-0.2, -0.15) is 5.26 Å². The van der Waals surface area contributed by atoms with Crippen LogP contribution in [0.25, 0.3) is 0 Å². The summed E-state index contributed by atoms with van der Waals surface area (Å²) in [5.74, 6) is 5.23. The van der Waals surface area contributed by atoms with Crippen molar-refractivity contribution in [3.63, 3.8) is 0 Å². The molecule has 0 saturated carbocycles. The van der Waals surface area contributed by atoms with Gasteiger partial charge in [-0.15, -0.1) is 0 Å². The van der Waals surface area contributed by atoms with E-state index < -0.39 is 0 Å². The van der Waals surface area contributed by atoms with E-state index >= 15 is 0 Å². The first kappa shape index (κ1) is 13.3. The predicted octanol–water partition coefficient (Wildman–Crippen LogP) is 2.37. The lowest BCUT2D eigenvalue weighted by Gasteiger charge is -2.00. The Morgan fingerprint density at radius 1 is 1.53 bits per heavy atom. The summed E-state index contributed by atoms with van der Waals surface area (Å²) in [6, 6.07) is 7.34. The smallest absolute Gasteiger partial charge is 0.317 e. The van der Waals surface area contributed by atoms with E-state index in [1.807, 2.05) is 6.07 Å². The Kier molecular flexibility index (Phi) is 5.26. The van der Waals surface area contributed by atoms with E-state index in [2.05, 4.69) is 38.6 Å². The van der Waals surface area contributed by atoms with Crippen LogP contribution in [0.1, 0.15) is 23.1 Å². The highest BCUT2D eigenvalue weighted by Gasteiger charge is 2.01. The lowest BCUT2D eigenvalue weighted by atomic mass is 10.1. The third-order valence-electron chi connectivity index (χ3n) is 2.07. The number of carbonyl (C=O) groups excluding carboxylic acids is 1. The summed E-state index contributed by atoms with van der Waals surface area (Å²) >= 11 is 3.35. The second-order valence-electron chi connectivity index (χ2n) is 3.17. The molecule has 86 valence electrons. The summed E-state index contributed by atoms with van der Waals surface area (Å²) in [5, 5.41) is 9.45. The Bertz CT molecular complexity index is 520. The minimum atomic E-state index is -0.366. The average Bonchev–Trinajstić information content (AvgIpc) is 2.38. The molecule has 0 aliphatic rings. The van der Waals surface area contributed by atoms with Crippen molar-refractivity contribution in [2.75, 3.05) is 7.11 Å². The molecule has 0 amide bonds. The number of carbonyl (C=O) groups is 1. The topological polar surface area (TPSA) is 50.1 Å². The van der Waals surface area contributed by atoms with E-state index in [1.165, 1.54) is 7.11 Å². The van der Waals surface area contributed by atoms with E-state index in [0.717, 1.165) is 11.1 Å². The molecule has 17 heavy (non-hydrogen) atoms. The second kappa shape index (κ2) is 6.73. The number of hydrogen-bond acceptors (Lipinski definition) is 3. The normalized spacial score (nSPS) is 8.76. The number of benzene rings is 1. The van der Waals surface area contributed by atoms with Crippen molar-refractivity contribution in [1.29, 1.82) is 5.26 Å². The molecule has 0 unspecified atom stereocenters. The van der Waals surface area contributed by atoms with E-state index in [-0.39, 0.29) is 12.4 Å². The molecule has 0 heterocycles. The number of ether oxygens (including phenoxy) is 1. The summed E-state index contributed by atoms with van der Waals surface area (Å²) in [6.07, 6.45) is 0.0506. The van der Waals surface area contributed by atoms with Crippen LogP contribution < -0.4 is 0 Å². The fourth-order valence-corrected chi connectivity index (χ4v) is 1.65. The zero-order valence-electron chi connectivity index (χ0n) is 9.29. The number of alkyl halides is 1. The molecule has 0 atom stereocenters. The number of halogens is 1. The monoisotopic (exact) mass is 291 g/mol. The van der Waals surface area contributed by atoms with Crippen molar-refractivity contribution in [3.05, 3.63) is 34.9 Å². The SMILES string of the molecule is COC(=O)CC#Cc1cc(C#N)ccc1CBr. The molecule has 1 rings (SSSR count). The number of esters is 1. The number of methoxy groups -OCH3 is 1. The zero-order valence-corrected chi connectivity index (χ0v) is 10.9. The summed E-state index contributed by atoms with van der Waals surface area (Å²) < 4.78 is 4.49. The summed E-state index contributed by atoms with van der Waals surface area (Å²) in [5.41, 5.74) is 2.29. The molecule has 0 aliphatic heterocycles. The maximum atomic E-state index is 10.9. The molecule has 0 spiro atoms. The molecular formula is C13H10BrNO2. The van der Waals surface area contributed by atoms with Gasteiger partial charge in [0, 0.05) is 10.9 Å². The van der Waals surface area contributed by atoms with Gasteiger partial charge in [-0.1, -0.05) is 33.8 Å². The van der Waals surface area contributed by atoms with E-state index in [0.29, 0.717) is 10.9 Å². The van der Waals surface area contributed by atoms with Gasteiger partial charge in [-0.3, -0.25) is 4.79 Å². The first-order valence-electron chi connectivity index (χ1n) is 4.86. The maximum Gasteiger partial charge on any atom is 0.317 e. The average molecular weight is 292 g/mol. The predicted molar refractivity (Wildman–Crippen MR) is 67.3 cm³/mol. The molecule has 0 N–H and O–H groups in total. The first-order chi connectivity index (χ1) is 8.21. The standard InChI is InChI=1S/C13H10BrNO2/c1-17-13(16)4-2-3-11-7-10(9-15)5-6-12(11)8-14/h5-7H,4,8H2,1H3. The zero-order chi connectivity index (χ0) is 12.7. The van der Waals surface area contributed by atoms with Gasteiger partial charge in [0.2, 0.25) is 0 Å². The van der Waals surface area contributed by atoms with Gasteiger partial charge in [-0.25, -0.2) is 0 Å². The van der Waals surface area contributed by atoms with Crippen LogP contribution in [0, 0.1) is 23.2 Å². The summed E-state index contributed by atoms with van der Waals surface area (Å²) in [4.78, 5) is 10.9. The molecule has 3 nitrogen and oxygen atoms in total. The highest BCUT2D eigenvalue weighted by Crippen LogP contribution is 2.13. The van der Waals surface area contributed by atoms with Crippen molar-refractivity contribution in [2.24, 2.45) is 0 Å². The van der Waals surface area contributed by atoms with Crippen LogP contribution >= 0.6 is 15.9 Å². The molecular weight excluding hydrogens is 282 g/mol. The van der Waals surface area contributed by atoms with Crippen LogP contribution in [-0.4, -0.2) is 13.1 Å². The third kappa shape index (κ3) is 3.94. The molecule has 1 aromatic carbocycles. The van der Waals surface area contributed by atoms with Gasteiger partial charge in [0.15, 0.2) is 0 Å². The number of rotatable bonds is 2. The summed E-state index contributed by atoms with van der Waals surface area (Å²) in [6.45, 7) is 0. The van der Waals surface area contributed by atoms with Crippen molar-refractivity contribution in [3.8, 4) is 17.9 Å². The van der Waals surface area contributed by atoms with Crippen LogP contribution in [0.4, 0.5) is 0 Å². The molecule has 0 saturated heterocycles. The quantitative estimate of drug-likeness (QED) is 0.477. The Balaban J connectivity index is 2.95. The van der Waals surface area contributed by atoms with E-state index in [4.69, 9.17) is 5.26 Å². The number of nitriles is 1. The Morgan fingerprint density at radius 2 is 2.29 bits per heavy atom. The Morgan fingerprint density at radius 3 is 2.88 bits per heavy atom. The lowest BCUT2D eigenvalue weighted by molar-refractivity contribution is -0.139. The fourth-order valence-electron chi connectivity index (χ4n) is 1.16. The van der Waals surface area contributed by atoms with E-state index in [1.54, 1.807) is 12.1 Å². The fraction of sp³-hybridized carbons (Fsp3) is 0.231. The highest BCUT2D eigenvalue weighted by molar-refractivity contribution is 9.08. The number of nitrogens with zero attached hydrogens (tertiary/aromatic N) is 1. The van der Waals surface area contributed by atoms with Gasteiger partial charge in [0.1, 0.15) is 6.42 Å². The molecule has 0 bridgehead atoms. The highest BCUT2D eigenvalue weighted by atomic mass is 79.9. The minimum Gasteiger partial charge on any atom is -0.468 e. The van der Waals surface area contributed by atoms with Gasteiger partial charge in [0.05, 0.1) is 18.7 Å². The summed E-state index contributed by atoms with van der Waals surface area (Å²) in [7, 11) is 1.32.